The summed E-state index contributed by atoms with van der Waals surface area (Å²) < 4.78 is 26.5. The van der Waals surface area contributed by atoms with Crippen molar-refractivity contribution in [2.45, 2.75) is 19.8 Å². The van der Waals surface area contributed by atoms with Gasteiger partial charge < -0.3 is 10.6 Å². The first-order valence-electron chi connectivity index (χ1n) is 5.94. The van der Waals surface area contributed by atoms with E-state index in [1.807, 2.05) is 0 Å². The van der Waals surface area contributed by atoms with E-state index in [1.165, 1.54) is 17.0 Å². The van der Waals surface area contributed by atoms with Crippen LogP contribution in [0.2, 0.25) is 0 Å². The molecule has 1 amide bonds. The first-order chi connectivity index (χ1) is 8.95. The van der Waals surface area contributed by atoms with Crippen LogP contribution in [0.3, 0.4) is 0 Å². The Kier molecular flexibility index (Phi) is 5.82. The molecule has 0 unspecified atom stereocenters. The number of benzene rings is 1. The number of rotatable bonds is 6. The largest absolute Gasteiger partial charge is 0.393 e. The molecule has 0 atom stereocenters. The molecule has 0 heterocycles. The standard InChI is InChI=1S/C13H16F2N2OS/c1-2-17(7-6-11(16)19)12(18)8-9-4-3-5-10(14)13(9)15/h3-5H,2,6-8H2,1H3,(H2,16,19). The quantitative estimate of drug-likeness (QED) is 0.814. The van der Waals surface area contributed by atoms with Crippen LogP contribution in [0.4, 0.5) is 8.78 Å². The lowest BCUT2D eigenvalue weighted by molar-refractivity contribution is -0.130. The second kappa shape index (κ2) is 7.13. The molecule has 1 aromatic carbocycles. The summed E-state index contributed by atoms with van der Waals surface area (Å²) in [5.74, 6) is -2.19. The average Bonchev–Trinajstić information content (AvgIpc) is 2.35. The van der Waals surface area contributed by atoms with Gasteiger partial charge >= 0.3 is 0 Å². The summed E-state index contributed by atoms with van der Waals surface area (Å²) >= 11 is 4.75. The first kappa shape index (κ1) is 15.5. The Balaban J connectivity index is 2.71. The number of thiocarbonyl (C=S) groups is 1. The molecule has 0 saturated carbocycles. The molecule has 2 N–H and O–H groups in total. The van der Waals surface area contributed by atoms with Crippen LogP contribution in [0.25, 0.3) is 0 Å². The number of carbonyl (C=O) groups excluding carboxylic acids is 1. The van der Waals surface area contributed by atoms with E-state index in [2.05, 4.69) is 0 Å². The molecule has 0 bridgehead atoms. The third kappa shape index (κ3) is 4.55. The number of carbonyl (C=O) groups is 1. The molecular weight excluding hydrogens is 270 g/mol. The Morgan fingerprint density at radius 2 is 2.11 bits per heavy atom. The topological polar surface area (TPSA) is 46.3 Å². The second-order valence-electron chi connectivity index (χ2n) is 4.08. The van der Waals surface area contributed by atoms with Crippen molar-refractivity contribution in [1.82, 2.24) is 4.90 Å². The monoisotopic (exact) mass is 286 g/mol. The van der Waals surface area contributed by atoms with Gasteiger partial charge in [-0.2, -0.15) is 0 Å². The van der Waals surface area contributed by atoms with Gasteiger partial charge in [-0.05, 0) is 13.0 Å². The molecule has 1 aromatic rings. The van der Waals surface area contributed by atoms with Crippen LogP contribution in [-0.2, 0) is 11.2 Å². The van der Waals surface area contributed by atoms with E-state index in [0.717, 1.165) is 6.07 Å². The number of halogens is 2. The highest BCUT2D eigenvalue weighted by molar-refractivity contribution is 7.80. The highest BCUT2D eigenvalue weighted by Gasteiger charge is 2.16. The van der Waals surface area contributed by atoms with Gasteiger partial charge in [0.25, 0.3) is 0 Å². The Labute approximate surface area is 116 Å². The fourth-order valence-corrected chi connectivity index (χ4v) is 1.76. The van der Waals surface area contributed by atoms with Gasteiger partial charge in [-0.1, -0.05) is 24.4 Å². The van der Waals surface area contributed by atoms with E-state index in [-0.39, 0.29) is 17.9 Å². The van der Waals surface area contributed by atoms with Crippen LogP contribution < -0.4 is 5.73 Å². The van der Waals surface area contributed by atoms with Crippen LogP contribution in [-0.4, -0.2) is 28.9 Å². The zero-order chi connectivity index (χ0) is 14.4. The van der Waals surface area contributed by atoms with Gasteiger partial charge in [0.2, 0.25) is 5.91 Å². The summed E-state index contributed by atoms with van der Waals surface area (Å²) in [5.41, 5.74) is 5.43. The SMILES string of the molecule is CCN(CCC(N)=S)C(=O)Cc1cccc(F)c1F. The van der Waals surface area contributed by atoms with Crippen LogP contribution in [0, 0.1) is 11.6 Å². The number of nitrogens with two attached hydrogens (primary N) is 1. The Bertz CT molecular complexity index is 480. The van der Waals surface area contributed by atoms with E-state index < -0.39 is 11.6 Å². The molecule has 0 aliphatic heterocycles. The average molecular weight is 286 g/mol. The Hall–Kier alpha value is -1.56. The summed E-state index contributed by atoms with van der Waals surface area (Å²) in [4.78, 5) is 13.8. The van der Waals surface area contributed by atoms with Crippen molar-refractivity contribution in [2.75, 3.05) is 13.1 Å². The molecule has 104 valence electrons. The van der Waals surface area contributed by atoms with Crippen molar-refractivity contribution < 1.29 is 13.6 Å². The summed E-state index contributed by atoms with van der Waals surface area (Å²) in [7, 11) is 0. The Morgan fingerprint density at radius 1 is 1.42 bits per heavy atom. The first-order valence-corrected chi connectivity index (χ1v) is 6.35. The zero-order valence-corrected chi connectivity index (χ0v) is 11.5. The van der Waals surface area contributed by atoms with Crippen molar-refractivity contribution in [3.8, 4) is 0 Å². The number of hydrogen-bond acceptors (Lipinski definition) is 2. The molecular formula is C13H16F2N2OS. The van der Waals surface area contributed by atoms with Crippen LogP contribution in [0.5, 0.6) is 0 Å². The van der Waals surface area contributed by atoms with Gasteiger partial charge in [-0.15, -0.1) is 0 Å². The maximum Gasteiger partial charge on any atom is 0.227 e. The predicted octanol–water partition coefficient (Wildman–Crippen LogP) is 2.03. The van der Waals surface area contributed by atoms with Crippen LogP contribution in [0.15, 0.2) is 18.2 Å². The number of hydrogen-bond donors (Lipinski definition) is 1. The lowest BCUT2D eigenvalue weighted by Gasteiger charge is -2.20. The lowest BCUT2D eigenvalue weighted by Crippen LogP contribution is -2.34. The second-order valence-corrected chi connectivity index (χ2v) is 4.60. The molecule has 6 heteroatoms. The highest BCUT2D eigenvalue weighted by atomic mass is 32.1. The summed E-state index contributed by atoms with van der Waals surface area (Å²) in [5, 5.41) is 0. The fraction of sp³-hybridized carbons (Fsp3) is 0.385. The molecule has 0 fully saturated rings. The van der Waals surface area contributed by atoms with E-state index in [0.29, 0.717) is 24.5 Å². The summed E-state index contributed by atoms with van der Waals surface area (Å²) in [6.45, 7) is 2.67. The minimum absolute atomic E-state index is 0.0544. The Morgan fingerprint density at radius 3 is 2.68 bits per heavy atom. The van der Waals surface area contributed by atoms with E-state index >= 15 is 0 Å². The van der Waals surface area contributed by atoms with Crippen molar-refractivity contribution in [3.63, 3.8) is 0 Å². The molecule has 3 nitrogen and oxygen atoms in total. The highest BCUT2D eigenvalue weighted by Crippen LogP contribution is 2.13. The van der Waals surface area contributed by atoms with Gasteiger partial charge in [-0.3, -0.25) is 4.79 Å². The van der Waals surface area contributed by atoms with Gasteiger partial charge in [0.15, 0.2) is 11.6 Å². The lowest BCUT2D eigenvalue weighted by atomic mass is 10.1. The predicted molar refractivity (Wildman–Crippen MR) is 73.7 cm³/mol. The third-order valence-electron chi connectivity index (χ3n) is 2.74. The van der Waals surface area contributed by atoms with Gasteiger partial charge in [-0.25, -0.2) is 8.78 Å². The van der Waals surface area contributed by atoms with E-state index in [4.69, 9.17) is 18.0 Å². The fourth-order valence-electron chi connectivity index (χ4n) is 1.66. The minimum atomic E-state index is -0.971. The summed E-state index contributed by atoms with van der Waals surface area (Å²) in [6, 6.07) is 3.80. The maximum absolute atomic E-state index is 13.5. The number of nitrogens with zero attached hydrogens (tertiary/aromatic N) is 1. The minimum Gasteiger partial charge on any atom is -0.393 e. The van der Waals surface area contributed by atoms with Gasteiger partial charge in [0.05, 0.1) is 11.4 Å². The zero-order valence-electron chi connectivity index (χ0n) is 10.7. The molecule has 0 aliphatic carbocycles. The van der Waals surface area contributed by atoms with Gasteiger partial charge in [0, 0.05) is 25.1 Å². The van der Waals surface area contributed by atoms with Crippen molar-refractivity contribution in [1.29, 1.82) is 0 Å². The number of likely N-dealkylation sites (N-methyl/N-ethyl adjacent to an activating group) is 1. The molecule has 0 saturated heterocycles. The van der Waals surface area contributed by atoms with Crippen molar-refractivity contribution in [3.05, 3.63) is 35.4 Å². The molecule has 0 aromatic heterocycles. The van der Waals surface area contributed by atoms with Crippen LogP contribution >= 0.6 is 12.2 Å². The van der Waals surface area contributed by atoms with Crippen LogP contribution in [0.1, 0.15) is 18.9 Å². The van der Waals surface area contributed by atoms with E-state index in [9.17, 15) is 13.6 Å². The van der Waals surface area contributed by atoms with Crippen molar-refractivity contribution in [2.24, 2.45) is 5.73 Å². The molecule has 0 aliphatic rings. The third-order valence-corrected chi connectivity index (χ3v) is 2.94. The van der Waals surface area contributed by atoms with E-state index in [1.54, 1.807) is 6.92 Å². The molecule has 19 heavy (non-hydrogen) atoms. The summed E-state index contributed by atoms with van der Waals surface area (Å²) in [6.07, 6.45) is 0.245. The molecule has 1 rings (SSSR count). The maximum atomic E-state index is 13.5. The van der Waals surface area contributed by atoms with Gasteiger partial charge in [0.1, 0.15) is 0 Å². The normalized spacial score (nSPS) is 10.3. The number of amides is 1. The molecule has 0 spiro atoms. The molecule has 0 radical (unpaired) electrons. The smallest absolute Gasteiger partial charge is 0.227 e. The van der Waals surface area contributed by atoms with Crippen molar-refractivity contribution >= 4 is 23.1 Å².